The van der Waals surface area contributed by atoms with Crippen molar-refractivity contribution >= 4 is 69.5 Å². The molecule has 1 saturated heterocycles. The number of β-lactam (4-membered cyclic amide) rings is 1. The van der Waals surface area contributed by atoms with Crippen LogP contribution < -0.4 is 21.8 Å². The van der Waals surface area contributed by atoms with Gasteiger partial charge in [0.2, 0.25) is 17.4 Å². The van der Waals surface area contributed by atoms with Crippen molar-refractivity contribution in [3.05, 3.63) is 82.9 Å². The van der Waals surface area contributed by atoms with Gasteiger partial charge in [-0.3, -0.25) is 19.2 Å². The van der Waals surface area contributed by atoms with Gasteiger partial charge in [-0.1, -0.05) is 65.8 Å². The molecule has 2 heterocycles. The molecule has 0 radical (unpaired) electrons. The second kappa shape index (κ2) is 16.1. The number of anilines is 1. The molecule has 0 bridgehead atoms. The van der Waals surface area contributed by atoms with Crippen LogP contribution in [0.15, 0.2) is 71.2 Å². The summed E-state index contributed by atoms with van der Waals surface area (Å²) in [7, 11) is 0. The van der Waals surface area contributed by atoms with Crippen LogP contribution in [0.1, 0.15) is 57.5 Å². The first-order valence-corrected chi connectivity index (χ1v) is 16.7. The summed E-state index contributed by atoms with van der Waals surface area (Å²) in [6.07, 6.45) is -1.99. The number of alkyl halides is 1. The van der Waals surface area contributed by atoms with E-state index in [1.165, 1.54) is 19.2 Å². The number of hydrogen-bond acceptors (Lipinski definition) is 13. The van der Waals surface area contributed by atoms with Crippen molar-refractivity contribution in [1.82, 2.24) is 20.6 Å². The molecular weight excluding hydrogens is 706 g/mol. The molecule has 2 aromatic carbocycles. The number of amides is 5. The lowest BCUT2D eigenvalue weighted by atomic mass is 9.97. The maximum absolute atomic E-state index is 13.7. The molecule has 51 heavy (non-hydrogen) atoms. The van der Waals surface area contributed by atoms with Crippen LogP contribution in [0.25, 0.3) is 0 Å². The lowest BCUT2D eigenvalue weighted by molar-refractivity contribution is -0.172. The van der Waals surface area contributed by atoms with Gasteiger partial charge in [0.25, 0.3) is 11.8 Å². The Morgan fingerprint density at radius 2 is 1.61 bits per heavy atom. The number of nitrogens with one attached hydrogen (secondary N) is 3. The van der Waals surface area contributed by atoms with Crippen LogP contribution in [0.4, 0.5) is 9.93 Å². The first-order chi connectivity index (χ1) is 24.0. The Bertz CT molecular complexity index is 1770. The lowest BCUT2D eigenvalue weighted by Gasteiger charge is -2.37. The van der Waals surface area contributed by atoms with Gasteiger partial charge in [-0.15, -0.1) is 22.9 Å². The van der Waals surface area contributed by atoms with Crippen LogP contribution in [0.3, 0.4) is 0 Å². The van der Waals surface area contributed by atoms with Gasteiger partial charge in [0.05, 0.1) is 0 Å². The number of carbonyl (C=O) groups is 6. The molecule has 1 fully saturated rings. The van der Waals surface area contributed by atoms with Crippen molar-refractivity contribution in [3.8, 4) is 0 Å². The van der Waals surface area contributed by atoms with Crippen molar-refractivity contribution in [3.63, 3.8) is 0 Å². The number of imide groups is 1. The number of carbonyl (C=O) groups excluding carboxylic acids is 6. The standard InChI is InChI=1S/C33H36ClN7O9S/c1-32(2,3)49-31(47)41(35)28(45)24-23(27(44)39-24)38-26(43)22(20-17-51-30(36-20)37-21(42)16-34)40-50-33(4,5)29(46)48-25(18-12-8-6-9-13-18)19-14-10-7-11-15-19/h6-15,17,23-25H,16,35H2,1-5H3,(H,38,43)(H,39,44)(H,36,37,42)/t23-,24-/m1/s1. The van der Waals surface area contributed by atoms with Crippen LogP contribution in [-0.4, -0.2) is 80.6 Å². The molecule has 0 unspecified atom stereocenters. The maximum Gasteiger partial charge on any atom is 0.431 e. The third kappa shape index (κ3) is 9.87. The number of nitrogens with zero attached hydrogens (tertiary/aromatic N) is 3. The van der Waals surface area contributed by atoms with Crippen LogP contribution in [-0.2, 0) is 38.3 Å². The molecule has 0 aliphatic carbocycles. The fraction of sp³-hybridized carbons (Fsp3) is 0.333. The molecule has 270 valence electrons. The van der Waals surface area contributed by atoms with Gasteiger partial charge >= 0.3 is 12.1 Å². The molecule has 18 heteroatoms. The molecule has 2 atom stereocenters. The average molecular weight is 742 g/mol. The van der Waals surface area contributed by atoms with Gasteiger partial charge in [0, 0.05) is 5.38 Å². The number of oxime groups is 1. The summed E-state index contributed by atoms with van der Waals surface area (Å²) < 4.78 is 11.0. The number of halogens is 1. The molecule has 0 spiro atoms. The Kier molecular flexibility index (Phi) is 12.1. The van der Waals surface area contributed by atoms with E-state index in [0.29, 0.717) is 11.1 Å². The van der Waals surface area contributed by atoms with Crippen LogP contribution >= 0.6 is 22.9 Å². The molecule has 1 aromatic heterocycles. The summed E-state index contributed by atoms with van der Waals surface area (Å²) in [6, 6.07) is 15.1. The van der Waals surface area contributed by atoms with Crippen LogP contribution in [0.5, 0.6) is 0 Å². The van der Waals surface area contributed by atoms with E-state index in [0.717, 1.165) is 11.3 Å². The molecule has 5 N–H and O–H groups in total. The van der Waals surface area contributed by atoms with Crippen molar-refractivity contribution in [2.75, 3.05) is 11.2 Å². The average Bonchev–Trinajstić information content (AvgIpc) is 3.55. The highest BCUT2D eigenvalue weighted by Gasteiger charge is 2.48. The van der Waals surface area contributed by atoms with Crippen molar-refractivity contribution in [2.24, 2.45) is 11.0 Å². The summed E-state index contributed by atoms with van der Waals surface area (Å²) in [5.74, 6) is 0.971. The predicted octanol–water partition coefficient (Wildman–Crippen LogP) is 2.77. The fourth-order valence-corrected chi connectivity index (χ4v) is 5.10. The largest absolute Gasteiger partial charge is 0.450 e. The van der Waals surface area contributed by atoms with Crippen LogP contribution in [0.2, 0.25) is 0 Å². The number of thiazole rings is 1. The first kappa shape index (κ1) is 38.4. The van der Waals surface area contributed by atoms with E-state index in [1.54, 1.807) is 69.3 Å². The minimum Gasteiger partial charge on any atom is -0.450 e. The van der Waals surface area contributed by atoms with E-state index in [1.807, 2.05) is 12.1 Å². The Balaban J connectivity index is 1.58. The highest BCUT2D eigenvalue weighted by molar-refractivity contribution is 7.14. The van der Waals surface area contributed by atoms with E-state index in [4.69, 9.17) is 31.8 Å². The Hall–Kier alpha value is -5.39. The number of ether oxygens (including phenoxy) is 2. The lowest BCUT2D eigenvalue weighted by Crippen LogP contribution is -2.75. The minimum absolute atomic E-state index is 0.0500. The molecular formula is C33H36ClN7O9S. The molecule has 16 nitrogen and oxygen atoms in total. The molecule has 3 aromatic rings. The maximum atomic E-state index is 13.7. The predicted molar refractivity (Wildman–Crippen MR) is 185 cm³/mol. The number of hydrazine groups is 1. The zero-order chi connectivity index (χ0) is 37.5. The van der Waals surface area contributed by atoms with Crippen molar-refractivity contribution in [2.45, 2.75) is 64.0 Å². The topological polar surface area (TPSA) is 221 Å². The summed E-state index contributed by atoms with van der Waals surface area (Å²) >= 11 is 6.50. The highest BCUT2D eigenvalue weighted by atomic mass is 35.5. The van der Waals surface area contributed by atoms with E-state index in [2.05, 4.69) is 26.1 Å². The molecule has 1 aliphatic heterocycles. The first-order valence-electron chi connectivity index (χ1n) is 15.3. The van der Waals surface area contributed by atoms with Crippen LogP contribution in [0, 0.1) is 0 Å². The summed E-state index contributed by atoms with van der Waals surface area (Å²) in [5, 5.41) is 12.6. The highest BCUT2D eigenvalue weighted by Crippen LogP contribution is 2.29. The Labute approximate surface area is 301 Å². The normalized spacial score (nSPS) is 15.9. The van der Waals surface area contributed by atoms with E-state index in [-0.39, 0.29) is 21.7 Å². The SMILES string of the molecule is CC(C)(C)OC(=O)N(N)C(=O)[C@@H]1NC(=O)[C@@H]1NC(=O)C(=NOC(C)(C)C(=O)OC(c1ccccc1)c1ccccc1)c1csc(NC(=O)CCl)n1. The number of aromatic nitrogens is 1. The van der Waals surface area contributed by atoms with E-state index >= 15 is 0 Å². The smallest absolute Gasteiger partial charge is 0.431 e. The fourth-order valence-electron chi connectivity index (χ4n) is 4.32. The van der Waals surface area contributed by atoms with Gasteiger partial charge in [0.15, 0.2) is 16.9 Å². The molecule has 4 rings (SSSR count). The number of benzene rings is 2. The second-order valence-electron chi connectivity index (χ2n) is 12.5. The molecule has 0 saturated carbocycles. The zero-order valence-electron chi connectivity index (χ0n) is 28.2. The quantitative estimate of drug-likeness (QED) is 0.0402. The number of nitrogens with two attached hydrogens (primary N) is 1. The number of esters is 1. The van der Waals surface area contributed by atoms with E-state index < -0.39 is 70.8 Å². The number of hydrogen-bond donors (Lipinski definition) is 4. The number of rotatable bonds is 12. The zero-order valence-corrected chi connectivity index (χ0v) is 29.7. The third-order valence-corrected chi connectivity index (χ3v) is 7.91. The van der Waals surface area contributed by atoms with Gasteiger partial charge in [0.1, 0.15) is 29.3 Å². The monoisotopic (exact) mass is 741 g/mol. The summed E-state index contributed by atoms with van der Waals surface area (Å²) in [6.45, 7) is 7.44. The van der Waals surface area contributed by atoms with Gasteiger partial charge in [-0.2, -0.15) is 5.01 Å². The molecule has 5 amide bonds. The Morgan fingerprint density at radius 1 is 1.02 bits per heavy atom. The minimum atomic E-state index is -1.79. The van der Waals surface area contributed by atoms with Gasteiger partial charge < -0.3 is 30.3 Å². The van der Waals surface area contributed by atoms with Crippen molar-refractivity contribution in [1.29, 1.82) is 0 Å². The van der Waals surface area contributed by atoms with Gasteiger partial charge in [-0.05, 0) is 45.7 Å². The summed E-state index contributed by atoms with van der Waals surface area (Å²) in [4.78, 5) is 86.7. The Morgan fingerprint density at radius 3 is 2.14 bits per heavy atom. The third-order valence-electron chi connectivity index (χ3n) is 6.91. The van der Waals surface area contributed by atoms with E-state index in [9.17, 15) is 28.8 Å². The molecule has 1 aliphatic rings. The summed E-state index contributed by atoms with van der Waals surface area (Å²) in [5.41, 5.74) is -2.05. The van der Waals surface area contributed by atoms with Gasteiger partial charge in [-0.25, -0.2) is 20.4 Å². The van der Waals surface area contributed by atoms with Crippen molar-refractivity contribution < 1.29 is 43.1 Å². The second-order valence-corrected chi connectivity index (χ2v) is 13.6.